The monoisotopic (exact) mass is 411 g/mol. The molecule has 2 aromatic carbocycles. The molecule has 3 N–H and O–H groups in total. The first kappa shape index (κ1) is 21.2. The Morgan fingerprint density at radius 1 is 1.13 bits per heavy atom. The van der Waals surface area contributed by atoms with Gasteiger partial charge in [0, 0.05) is 11.3 Å². The van der Waals surface area contributed by atoms with Crippen LogP contribution in [0.25, 0.3) is 0 Å². The second-order valence-corrected chi connectivity index (χ2v) is 7.37. The predicted molar refractivity (Wildman–Crippen MR) is 113 cm³/mol. The maximum absolute atomic E-state index is 12.8. The Kier molecular flexibility index (Phi) is 6.25. The molecule has 30 heavy (non-hydrogen) atoms. The molecule has 0 spiro atoms. The van der Waals surface area contributed by atoms with E-state index in [4.69, 9.17) is 9.47 Å². The molecule has 1 aliphatic heterocycles. The third-order valence-corrected chi connectivity index (χ3v) is 4.77. The van der Waals surface area contributed by atoms with E-state index in [1.54, 1.807) is 56.5 Å². The first-order valence-corrected chi connectivity index (χ1v) is 9.66. The van der Waals surface area contributed by atoms with E-state index >= 15 is 0 Å². The van der Waals surface area contributed by atoms with Crippen LogP contribution in [0.5, 0.6) is 11.5 Å². The van der Waals surface area contributed by atoms with Crippen molar-refractivity contribution in [1.82, 2.24) is 5.32 Å². The van der Waals surface area contributed by atoms with Gasteiger partial charge in [-0.3, -0.25) is 14.4 Å². The number of ether oxygens (including phenoxy) is 2. The van der Waals surface area contributed by atoms with Gasteiger partial charge >= 0.3 is 0 Å². The lowest BCUT2D eigenvalue weighted by atomic mass is 10.0. The smallest absolute Gasteiger partial charge is 0.265 e. The van der Waals surface area contributed by atoms with Crippen molar-refractivity contribution in [1.29, 1.82) is 0 Å². The Labute approximate surface area is 174 Å². The van der Waals surface area contributed by atoms with Crippen LogP contribution in [0, 0.1) is 5.92 Å². The summed E-state index contributed by atoms with van der Waals surface area (Å²) in [5, 5.41) is 8.32. The topological polar surface area (TPSA) is 106 Å². The van der Waals surface area contributed by atoms with Crippen LogP contribution in [0.15, 0.2) is 42.5 Å². The highest BCUT2D eigenvalue weighted by atomic mass is 16.5. The maximum atomic E-state index is 12.8. The Balaban J connectivity index is 1.70. The minimum Gasteiger partial charge on any atom is -0.497 e. The van der Waals surface area contributed by atoms with E-state index in [0.717, 1.165) is 0 Å². The Bertz CT molecular complexity index is 956. The highest BCUT2D eigenvalue weighted by Crippen LogP contribution is 2.32. The summed E-state index contributed by atoms with van der Waals surface area (Å²) in [5.74, 6) is 0.0669. The molecular weight excluding hydrogens is 386 g/mol. The number of benzene rings is 2. The molecular formula is C22H25N3O5. The van der Waals surface area contributed by atoms with E-state index in [0.29, 0.717) is 28.4 Å². The standard InChI is InChI=1S/C22H25N3O5/c1-12(2)19(25-21(27)14-5-8-16(29-4)9-6-14)22(28)23-15-7-10-18-17(11-15)24-20(26)13(3)30-18/h5-13,19H,1-4H3,(H,23,28)(H,24,26)(H,25,27)/t13-,19+/m1/s1. The van der Waals surface area contributed by atoms with Gasteiger partial charge in [-0.15, -0.1) is 0 Å². The number of methoxy groups -OCH3 is 1. The van der Waals surface area contributed by atoms with Gasteiger partial charge in [0.25, 0.3) is 11.8 Å². The van der Waals surface area contributed by atoms with Crippen LogP contribution < -0.4 is 25.4 Å². The fraction of sp³-hybridized carbons (Fsp3) is 0.318. The highest BCUT2D eigenvalue weighted by molar-refractivity contribution is 6.02. The number of fused-ring (bicyclic) bond motifs is 1. The third kappa shape index (κ3) is 4.71. The summed E-state index contributed by atoms with van der Waals surface area (Å²) < 4.78 is 10.6. The van der Waals surface area contributed by atoms with Crippen molar-refractivity contribution in [3.8, 4) is 11.5 Å². The van der Waals surface area contributed by atoms with Crippen molar-refractivity contribution < 1.29 is 23.9 Å². The number of carbonyl (C=O) groups excluding carboxylic acids is 3. The average molecular weight is 411 g/mol. The number of amides is 3. The summed E-state index contributed by atoms with van der Waals surface area (Å²) in [6.07, 6.45) is -0.573. The van der Waals surface area contributed by atoms with Gasteiger partial charge in [-0.2, -0.15) is 0 Å². The zero-order valence-electron chi connectivity index (χ0n) is 17.3. The minimum absolute atomic E-state index is 0.145. The molecule has 8 nitrogen and oxygen atoms in total. The van der Waals surface area contributed by atoms with Crippen LogP contribution >= 0.6 is 0 Å². The van der Waals surface area contributed by atoms with Gasteiger partial charge in [0.15, 0.2) is 6.10 Å². The maximum Gasteiger partial charge on any atom is 0.265 e. The molecule has 1 heterocycles. The van der Waals surface area contributed by atoms with E-state index in [2.05, 4.69) is 16.0 Å². The van der Waals surface area contributed by atoms with Crippen molar-refractivity contribution in [3.63, 3.8) is 0 Å². The largest absolute Gasteiger partial charge is 0.497 e. The number of nitrogens with one attached hydrogen (secondary N) is 3. The molecule has 3 rings (SSSR count). The molecule has 2 aromatic rings. The first-order valence-electron chi connectivity index (χ1n) is 9.66. The highest BCUT2D eigenvalue weighted by Gasteiger charge is 2.27. The number of hydrogen-bond donors (Lipinski definition) is 3. The molecule has 0 aromatic heterocycles. The predicted octanol–water partition coefficient (Wildman–Crippen LogP) is 2.81. The van der Waals surface area contributed by atoms with E-state index in [-0.39, 0.29) is 23.6 Å². The van der Waals surface area contributed by atoms with Crippen molar-refractivity contribution in [2.24, 2.45) is 5.92 Å². The van der Waals surface area contributed by atoms with Gasteiger partial charge < -0.3 is 25.4 Å². The van der Waals surface area contributed by atoms with Crippen molar-refractivity contribution in [3.05, 3.63) is 48.0 Å². The van der Waals surface area contributed by atoms with Crippen LogP contribution in [-0.4, -0.2) is 37.0 Å². The summed E-state index contributed by atoms with van der Waals surface area (Å²) >= 11 is 0. The van der Waals surface area contributed by atoms with Gasteiger partial charge in [-0.1, -0.05) is 13.8 Å². The van der Waals surface area contributed by atoms with E-state index in [9.17, 15) is 14.4 Å². The second kappa shape index (κ2) is 8.86. The third-order valence-electron chi connectivity index (χ3n) is 4.77. The fourth-order valence-electron chi connectivity index (χ4n) is 3.01. The zero-order valence-corrected chi connectivity index (χ0v) is 17.3. The van der Waals surface area contributed by atoms with Gasteiger partial charge in [0.05, 0.1) is 12.8 Å². The molecule has 8 heteroatoms. The molecule has 0 fully saturated rings. The summed E-state index contributed by atoms with van der Waals surface area (Å²) in [6.45, 7) is 5.36. The molecule has 0 aliphatic carbocycles. The summed E-state index contributed by atoms with van der Waals surface area (Å²) in [5.41, 5.74) is 1.40. The SMILES string of the molecule is COc1ccc(C(=O)N[C@H](C(=O)Nc2ccc3c(c2)NC(=O)[C@@H](C)O3)C(C)C)cc1. The molecule has 158 valence electrons. The van der Waals surface area contributed by atoms with Crippen LogP contribution in [0.1, 0.15) is 31.1 Å². The van der Waals surface area contributed by atoms with E-state index in [1.165, 1.54) is 0 Å². The summed E-state index contributed by atoms with van der Waals surface area (Å²) in [6, 6.07) is 10.9. The number of hydrogen-bond acceptors (Lipinski definition) is 5. The number of carbonyl (C=O) groups is 3. The average Bonchev–Trinajstić information content (AvgIpc) is 2.72. The molecule has 1 aliphatic rings. The van der Waals surface area contributed by atoms with Gasteiger partial charge in [0.1, 0.15) is 17.5 Å². The second-order valence-electron chi connectivity index (χ2n) is 7.37. The Hall–Kier alpha value is -3.55. The van der Waals surface area contributed by atoms with E-state index in [1.807, 2.05) is 13.8 Å². The fourth-order valence-corrected chi connectivity index (χ4v) is 3.01. The first-order chi connectivity index (χ1) is 14.3. The van der Waals surface area contributed by atoms with Gasteiger partial charge in [-0.05, 0) is 55.3 Å². The molecule has 0 saturated carbocycles. The lowest BCUT2D eigenvalue weighted by molar-refractivity contribution is -0.122. The molecule has 0 saturated heterocycles. The van der Waals surface area contributed by atoms with E-state index < -0.39 is 12.1 Å². The van der Waals surface area contributed by atoms with Gasteiger partial charge in [-0.25, -0.2) is 0 Å². The van der Waals surface area contributed by atoms with Crippen molar-refractivity contribution in [2.75, 3.05) is 17.7 Å². The number of anilines is 2. The molecule has 2 atom stereocenters. The van der Waals surface area contributed by atoms with Crippen molar-refractivity contribution in [2.45, 2.75) is 32.9 Å². The Morgan fingerprint density at radius 3 is 2.47 bits per heavy atom. The Morgan fingerprint density at radius 2 is 1.83 bits per heavy atom. The lowest BCUT2D eigenvalue weighted by Crippen LogP contribution is -2.47. The molecule has 0 radical (unpaired) electrons. The lowest BCUT2D eigenvalue weighted by Gasteiger charge is -2.25. The molecule has 3 amide bonds. The van der Waals surface area contributed by atoms with Crippen LogP contribution in [0.4, 0.5) is 11.4 Å². The van der Waals surface area contributed by atoms with Crippen LogP contribution in [0.3, 0.4) is 0 Å². The summed E-state index contributed by atoms with van der Waals surface area (Å²) in [7, 11) is 1.55. The van der Waals surface area contributed by atoms with Gasteiger partial charge in [0.2, 0.25) is 5.91 Å². The molecule has 0 unspecified atom stereocenters. The summed E-state index contributed by atoms with van der Waals surface area (Å²) in [4.78, 5) is 37.2. The number of rotatable bonds is 6. The zero-order chi connectivity index (χ0) is 21.8. The van der Waals surface area contributed by atoms with Crippen LogP contribution in [0.2, 0.25) is 0 Å². The van der Waals surface area contributed by atoms with Crippen LogP contribution in [-0.2, 0) is 9.59 Å². The minimum atomic E-state index is -0.749. The quantitative estimate of drug-likeness (QED) is 0.678. The van der Waals surface area contributed by atoms with Crippen molar-refractivity contribution >= 4 is 29.1 Å². The molecule has 0 bridgehead atoms. The normalized spacial score (nSPS) is 16.0.